The number of thioether (sulfide) groups is 1. The Balaban J connectivity index is 1.48. The third kappa shape index (κ3) is 2.18. The van der Waals surface area contributed by atoms with Crippen LogP contribution in [-0.2, 0) is 0 Å². The lowest BCUT2D eigenvalue weighted by molar-refractivity contribution is 0.622. The molecule has 0 aliphatic heterocycles. The second-order valence-corrected chi connectivity index (χ2v) is 7.02. The first kappa shape index (κ1) is 11.3. The number of aromatic nitrogens is 3. The number of nitrogens with two attached hydrogens (primary N) is 1. The summed E-state index contributed by atoms with van der Waals surface area (Å²) in [6.45, 7) is 0. The van der Waals surface area contributed by atoms with Gasteiger partial charge in [-0.3, -0.25) is 0 Å². The van der Waals surface area contributed by atoms with E-state index in [0.29, 0.717) is 18.0 Å². The normalized spacial score (nSPS) is 25.4. The van der Waals surface area contributed by atoms with Crippen LogP contribution < -0.4 is 5.73 Å². The van der Waals surface area contributed by atoms with Crippen LogP contribution in [0.25, 0.3) is 0 Å². The van der Waals surface area contributed by atoms with Crippen LogP contribution in [0.5, 0.6) is 0 Å². The molecule has 0 saturated heterocycles. The van der Waals surface area contributed by atoms with Crippen molar-refractivity contribution in [1.29, 1.82) is 0 Å². The fourth-order valence-corrected chi connectivity index (χ4v) is 3.61. The van der Waals surface area contributed by atoms with E-state index in [4.69, 9.17) is 5.73 Å². The summed E-state index contributed by atoms with van der Waals surface area (Å²) in [6.07, 6.45) is 7.86. The molecule has 18 heavy (non-hydrogen) atoms. The number of hydrogen-bond acceptors (Lipinski definition) is 4. The molecule has 1 unspecified atom stereocenters. The first-order chi connectivity index (χ1) is 8.83. The number of rotatable bonds is 6. The minimum Gasteiger partial charge on any atom is -0.327 e. The van der Waals surface area contributed by atoms with Gasteiger partial charge in [-0.05, 0) is 44.4 Å². The fraction of sp³-hybridized carbons (Fsp3) is 0.846. The van der Waals surface area contributed by atoms with E-state index in [1.54, 1.807) is 0 Å². The van der Waals surface area contributed by atoms with Crippen molar-refractivity contribution in [3.05, 3.63) is 5.82 Å². The van der Waals surface area contributed by atoms with E-state index in [1.165, 1.54) is 44.3 Å². The second-order valence-electron chi connectivity index (χ2n) is 6.03. The molecule has 98 valence electrons. The molecule has 1 aromatic rings. The maximum absolute atomic E-state index is 6.17. The zero-order valence-electron chi connectivity index (χ0n) is 10.6. The Hall–Kier alpha value is -0.550. The predicted molar refractivity (Wildman–Crippen MR) is 71.7 cm³/mol. The van der Waals surface area contributed by atoms with Crippen LogP contribution >= 0.6 is 11.8 Å². The molecule has 1 aromatic heterocycles. The number of hydrogen-bond donors (Lipinski definition) is 1. The van der Waals surface area contributed by atoms with Crippen LogP contribution in [0.2, 0.25) is 0 Å². The lowest BCUT2D eigenvalue weighted by Gasteiger charge is -2.11. The highest BCUT2D eigenvalue weighted by Crippen LogP contribution is 2.46. The Morgan fingerprint density at radius 1 is 1.17 bits per heavy atom. The molecule has 5 heteroatoms. The van der Waals surface area contributed by atoms with Crippen molar-refractivity contribution >= 4 is 11.8 Å². The molecule has 3 aliphatic rings. The van der Waals surface area contributed by atoms with Gasteiger partial charge in [-0.25, -0.2) is 0 Å². The lowest BCUT2D eigenvalue weighted by atomic mass is 10.2. The minimum absolute atomic E-state index is 0.351. The molecule has 0 radical (unpaired) electrons. The summed E-state index contributed by atoms with van der Waals surface area (Å²) < 4.78 is 2.42. The summed E-state index contributed by atoms with van der Waals surface area (Å²) in [5.41, 5.74) is 6.17. The molecule has 4 rings (SSSR count). The molecule has 4 nitrogen and oxygen atoms in total. The summed E-state index contributed by atoms with van der Waals surface area (Å²) in [5, 5.41) is 9.96. The molecule has 3 aliphatic carbocycles. The first-order valence-corrected chi connectivity index (χ1v) is 8.14. The first-order valence-electron chi connectivity index (χ1n) is 7.16. The number of nitrogens with zero attached hydrogens (tertiary/aromatic N) is 3. The van der Waals surface area contributed by atoms with Crippen molar-refractivity contribution < 1.29 is 0 Å². The quantitative estimate of drug-likeness (QED) is 0.801. The standard InChI is InChI=1S/C13H20N4S/c14-11(8-1-2-8)7-18-13-16-15-12(9-3-4-9)17(13)10-5-6-10/h8-11H,1-7,14H2. The van der Waals surface area contributed by atoms with E-state index >= 15 is 0 Å². The summed E-state index contributed by atoms with van der Waals surface area (Å²) in [5.74, 6) is 3.72. The molecular formula is C13H20N4S. The van der Waals surface area contributed by atoms with E-state index in [1.807, 2.05) is 11.8 Å². The Labute approximate surface area is 112 Å². The monoisotopic (exact) mass is 264 g/mol. The molecule has 3 fully saturated rings. The smallest absolute Gasteiger partial charge is 0.191 e. The highest BCUT2D eigenvalue weighted by atomic mass is 32.2. The van der Waals surface area contributed by atoms with Gasteiger partial charge < -0.3 is 10.3 Å². The van der Waals surface area contributed by atoms with Crippen LogP contribution in [0.3, 0.4) is 0 Å². The van der Waals surface area contributed by atoms with Gasteiger partial charge in [0.2, 0.25) is 0 Å². The molecule has 1 atom stereocenters. The van der Waals surface area contributed by atoms with Crippen LogP contribution in [0, 0.1) is 5.92 Å². The lowest BCUT2D eigenvalue weighted by Crippen LogP contribution is -2.25. The molecule has 0 spiro atoms. The van der Waals surface area contributed by atoms with Gasteiger partial charge in [-0.15, -0.1) is 10.2 Å². The Morgan fingerprint density at radius 3 is 2.56 bits per heavy atom. The van der Waals surface area contributed by atoms with Crippen LogP contribution in [0.1, 0.15) is 56.3 Å². The Morgan fingerprint density at radius 2 is 1.94 bits per heavy atom. The summed E-state index contributed by atoms with van der Waals surface area (Å²) in [4.78, 5) is 0. The van der Waals surface area contributed by atoms with Crippen molar-refractivity contribution in [2.45, 2.75) is 61.7 Å². The fourth-order valence-electron chi connectivity index (χ4n) is 2.51. The van der Waals surface area contributed by atoms with Gasteiger partial charge >= 0.3 is 0 Å². The molecule has 0 amide bonds. The molecule has 1 heterocycles. The average molecular weight is 264 g/mol. The van der Waals surface area contributed by atoms with Crippen LogP contribution in [-0.4, -0.2) is 26.6 Å². The largest absolute Gasteiger partial charge is 0.327 e. The van der Waals surface area contributed by atoms with Crippen molar-refractivity contribution in [1.82, 2.24) is 14.8 Å². The molecule has 0 bridgehead atoms. The van der Waals surface area contributed by atoms with Crippen molar-refractivity contribution in [3.8, 4) is 0 Å². The van der Waals surface area contributed by atoms with Gasteiger partial charge in [-0.2, -0.15) is 0 Å². The molecule has 3 saturated carbocycles. The highest BCUT2D eigenvalue weighted by Gasteiger charge is 2.36. The summed E-state index contributed by atoms with van der Waals surface area (Å²) in [6, 6.07) is 1.04. The van der Waals surface area contributed by atoms with Gasteiger partial charge in [0.1, 0.15) is 5.82 Å². The van der Waals surface area contributed by atoms with E-state index in [0.717, 1.165) is 16.8 Å². The van der Waals surface area contributed by atoms with Gasteiger partial charge in [-0.1, -0.05) is 11.8 Å². The van der Waals surface area contributed by atoms with Crippen LogP contribution in [0.15, 0.2) is 5.16 Å². The van der Waals surface area contributed by atoms with Crippen LogP contribution in [0.4, 0.5) is 0 Å². The van der Waals surface area contributed by atoms with E-state index in [2.05, 4.69) is 14.8 Å². The van der Waals surface area contributed by atoms with Crippen molar-refractivity contribution in [2.75, 3.05) is 5.75 Å². The zero-order chi connectivity index (χ0) is 12.1. The van der Waals surface area contributed by atoms with Crippen molar-refractivity contribution in [3.63, 3.8) is 0 Å². The van der Waals surface area contributed by atoms with E-state index in [9.17, 15) is 0 Å². The maximum Gasteiger partial charge on any atom is 0.191 e. The van der Waals surface area contributed by atoms with Crippen molar-refractivity contribution in [2.24, 2.45) is 11.7 Å². The SMILES string of the molecule is NC(CSc1nnc(C2CC2)n1C1CC1)C1CC1. The Kier molecular flexibility index (Phi) is 2.66. The topological polar surface area (TPSA) is 56.7 Å². The maximum atomic E-state index is 6.17. The third-order valence-electron chi connectivity index (χ3n) is 4.18. The second kappa shape index (κ2) is 4.23. The minimum atomic E-state index is 0.351. The average Bonchev–Trinajstić information content (AvgIpc) is 3.26. The molecular weight excluding hydrogens is 244 g/mol. The molecule has 2 N–H and O–H groups in total. The van der Waals surface area contributed by atoms with Gasteiger partial charge in [0.15, 0.2) is 5.16 Å². The summed E-state index contributed by atoms with van der Waals surface area (Å²) in [7, 11) is 0. The van der Waals surface area contributed by atoms with Gasteiger partial charge in [0.25, 0.3) is 0 Å². The molecule has 0 aromatic carbocycles. The van der Waals surface area contributed by atoms with Gasteiger partial charge in [0.05, 0.1) is 0 Å². The highest BCUT2D eigenvalue weighted by molar-refractivity contribution is 7.99. The van der Waals surface area contributed by atoms with E-state index in [-0.39, 0.29) is 0 Å². The summed E-state index contributed by atoms with van der Waals surface area (Å²) >= 11 is 1.82. The predicted octanol–water partition coefficient (Wildman–Crippen LogP) is 2.32. The third-order valence-corrected chi connectivity index (χ3v) is 5.27. The zero-order valence-corrected chi connectivity index (χ0v) is 11.4. The van der Waals surface area contributed by atoms with E-state index < -0.39 is 0 Å². The Bertz CT molecular complexity index is 446. The van der Waals surface area contributed by atoms with Gasteiger partial charge in [0, 0.05) is 23.8 Å².